The molecule has 2 fully saturated rings. The lowest BCUT2D eigenvalue weighted by Gasteiger charge is -2.23. The highest BCUT2D eigenvalue weighted by molar-refractivity contribution is 5.80. The smallest absolute Gasteiger partial charge is 0.314 e. The molecule has 2 atom stereocenters. The third kappa shape index (κ3) is 1.82. The van der Waals surface area contributed by atoms with E-state index in [9.17, 15) is 9.59 Å². The Labute approximate surface area is 76.2 Å². The Balaban J connectivity index is 1.92. The zero-order chi connectivity index (χ0) is 9.26. The Morgan fingerprint density at radius 2 is 2.15 bits per heavy atom. The summed E-state index contributed by atoms with van der Waals surface area (Å²) in [4.78, 5) is 21.7. The molecule has 13 heavy (non-hydrogen) atoms. The fraction of sp³-hybridized carbons (Fsp3) is 0.667. The van der Waals surface area contributed by atoms with Crippen molar-refractivity contribution in [2.45, 2.75) is 12.8 Å². The van der Waals surface area contributed by atoms with Crippen LogP contribution in [0.5, 0.6) is 0 Å². The van der Waals surface area contributed by atoms with Gasteiger partial charge in [0.25, 0.3) is 0 Å². The van der Waals surface area contributed by atoms with Crippen molar-refractivity contribution in [1.29, 1.82) is 0 Å². The second kappa shape index (κ2) is 3.36. The van der Waals surface area contributed by atoms with Gasteiger partial charge in [-0.05, 0) is 12.3 Å². The fourth-order valence-electron chi connectivity index (χ4n) is 1.69. The summed E-state index contributed by atoms with van der Waals surface area (Å²) in [5.41, 5.74) is 0. The molecule has 0 amide bonds. The molecule has 0 bridgehead atoms. The molecule has 4 nitrogen and oxygen atoms in total. The van der Waals surface area contributed by atoms with Crippen LogP contribution in [0.4, 0.5) is 0 Å². The number of esters is 2. The molecular formula is C9H10O4. The summed E-state index contributed by atoms with van der Waals surface area (Å²) in [7, 11) is 0. The lowest BCUT2D eigenvalue weighted by atomic mass is 9.85. The van der Waals surface area contributed by atoms with Gasteiger partial charge in [0.1, 0.15) is 6.42 Å². The maximum absolute atomic E-state index is 10.9. The molecule has 2 saturated heterocycles. The number of ether oxygens (including phenoxy) is 2. The fourth-order valence-corrected chi connectivity index (χ4v) is 1.69. The summed E-state index contributed by atoms with van der Waals surface area (Å²) in [6.45, 7) is 0.852. The van der Waals surface area contributed by atoms with Crippen LogP contribution < -0.4 is 0 Å². The highest BCUT2D eigenvalue weighted by Gasteiger charge is 2.35. The van der Waals surface area contributed by atoms with E-state index in [1.165, 1.54) is 0 Å². The first-order valence-electron chi connectivity index (χ1n) is 4.34. The third-order valence-electron chi connectivity index (χ3n) is 2.42. The Hall–Kier alpha value is -1.06. The molecule has 0 aromatic rings. The van der Waals surface area contributed by atoms with Crippen LogP contribution in [0.3, 0.4) is 0 Å². The van der Waals surface area contributed by atoms with Gasteiger partial charge in [0.05, 0.1) is 19.6 Å². The normalized spacial score (nSPS) is 34.2. The third-order valence-corrected chi connectivity index (χ3v) is 2.42. The minimum absolute atomic E-state index is 0.0349. The van der Waals surface area contributed by atoms with Crippen molar-refractivity contribution in [2.24, 2.45) is 11.8 Å². The number of hydrogen-bond acceptors (Lipinski definition) is 4. The van der Waals surface area contributed by atoms with Crippen LogP contribution in [-0.2, 0) is 19.1 Å². The molecular weight excluding hydrogens is 172 g/mol. The lowest BCUT2D eigenvalue weighted by Crippen LogP contribution is -2.27. The lowest BCUT2D eigenvalue weighted by molar-refractivity contribution is -0.144. The standard InChI is InChI=1S/C9H10O4/c10-8-3-6(1-2-12-8)7-4-9(11)13-5-7/h6-7H,1-2,4-5H2. The van der Waals surface area contributed by atoms with E-state index in [1.807, 2.05) is 0 Å². The largest absolute Gasteiger partial charge is 0.465 e. The molecule has 70 valence electrons. The molecule has 0 saturated carbocycles. The van der Waals surface area contributed by atoms with Crippen LogP contribution in [0.25, 0.3) is 0 Å². The van der Waals surface area contributed by atoms with Gasteiger partial charge in [0.2, 0.25) is 0 Å². The van der Waals surface area contributed by atoms with E-state index < -0.39 is 5.97 Å². The maximum Gasteiger partial charge on any atom is 0.314 e. The van der Waals surface area contributed by atoms with Gasteiger partial charge in [-0.2, -0.15) is 0 Å². The minimum atomic E-state index is -0.393. The topological polar surface area (TPSA) is 52.6 Å². The van der Waals surface area contributed by atoms with Crippen LogP contribution in [0.2, 0.25) is 0 Å². The van der Waals surface area contributed by atoms with Gasteiger partial charge >= 0.3 is 11.9 Å². The number of carbonyl (C=O) groups is 2. The van der Waals surface area contributed by atoms with Crippen molar-refractivity contribution in [1.82, 2.24) is 0 Å². The molecule has 0 N–H and O–H groups in total. The molecule has 0 aliphatic carbocycles. The van der Waals surface area contributed by atoms with E-state index in [0.29, 0.717) is 19.6 Å². The summed E-state index contributed by atoms with van der Waals surface area (Å²) < 4.78 is 9.54. The van der Waals surface area contributed by atoms with Gasteiger partial charge in [-0.1, -0.05) is 0 Å². The van der Waals surface area contributed by atoms with E-state index in [-0.39, 0.29) is 17.8 Å². The molecule has 0 aromatic carbocycles. The predicted molar refractivity (Wildman–Crippen MR) is 41.4 cm³/mol. The first-order chi connectivity index (χ1) is 6.25. The van der Waals surface area contributed by atoms with E-state index in [0.717, 1.165) is 6.42 Å². The SMILES string of the molecule is O=C1[C]C(C2COC(=O)C2)CCO1. The highest BCUT2D eigenvalue weighted by Crippen LogP contribution is 2.29. The highest BCUT2D eigenvalue weighted by atomic mass is 16.5. The molecule has 2 rings (SSSR count). The number of cyclic esters (lactones) is 2. The average Bonchev–Trinajstić information content (AvgIpc) is 2.52. The second-order valence-electron chi connectivity index (χ2n) is 3.32. The van der Waals surface area contributed by atoms with Gasteiger partial charge < -0.3 is 9.47 Å². The molecule has 2 heterocycles. The van der Waals surface area contributed by atoms with Crippen LogP contribution in [0.1, 0.15) is 12.8 Å². The van der Waals surface area contributed by atoms with E-state index in [4.69, 9.17) is 9.47 Å². The summed E-state index contributed by atoms with van der Waals surface area (Å²) in [6.07, 6.45) is 3.85. The van der Waals surface area contributed by atoms with Crippen molar-refractivity contribution >= 4 is 11.9 Å². The maximum atomic E-state index is 10.9. The van der Waals surface area contributed by atoms with Crippen LogP contribution in [-0.4, -0.2) is 25.2 Å². The molecule has 2 aliphatic heterocycles. The van der Waals surface area contributed by atoms with E-state index in [2.05, 4.69) is 6.42 Å². The van der Waals surface area contributed by atoms with Crippen molar-refractivity contribution in [3.63, 3.8) is 0 Å². The minimum Gasteiger partial charge on any atom is -0.465 e. The molecule has 2 unspecified atom stereocenters. The molecule has 2 aliphatic rings. The Bertz CT molecular complexity index is 236. The zero-order valence-electron chi connectivity index (χ0n) is 7.12. The number of carbonyl (C=O) groups excluding carboxylic acids is 2. The van der Waals surface area contributed by atoms with Crippen molar-refractivity contribution < 1.29 is 19.1 Å². The van der Waals surface area contributed by atoms with Crippen LogP contribution in [0, 0.1) is 18.3 Å². The summed E-state index contributed by atoms with van der Waals surface area (Å²) in [6, 6.07) is 0. The van der Waals surface area contributed by atoms with Crippen molar-refractivity contribution in [2.75, 3.05) is 13.2 Å². The predicted octanol–water partition coefficient (Wildman–Crippen LogP) is 0.194. The first-order valence-corrected chi connectivity index (χ1v) is 4.34. The Kier molecular flexibility index (Phi) is 2.20. The average molecular weight is 182 g/mol. The van der Waals surface area contributed by atoms with Crippen LogP contribution >= 0.6 is 0 Å². The summed E-state index contributed by atoms with van der Waals surface area (Å²) in [5.74, 6) is -0.408. The van der Waals surface area contributed by atoms with Gasteiger partial charge in [0, 0.05) is 5.92 Å². The molecule has 2 radical (unpaired) electrons. The van der Waals surface area contributed by atoms with Gasteiger partial charge in [-0.15, -0.1) is 0 Å². The van der Waals surface area contributed by atoms with Gasteiger partial charge in [0.15, 0.2) is 0 Å². The van der Waals surface area contributed by atoms with Crippen molar-refractivity contribution in [3.05, 3.63) is 6.42 Å². The molecule has 4 heteroatoms. The van der Waals surface area contributed by atoms with Gasteiger partial charge in [-0.3, -0.25) is 9.59 Å². The Morgan fingerprint density at radius 1 is 1.31 bits per heavy atom. The van der Waals surface area contributed by atoms with E-state index in [1.54, 1.807) is 0 Å². The zero-order valence-corrected chi connectivity index (χ0v) is 7.12. The van der Waals surface area contributed by atoms with Crippen LogP contribution in [0.15, 0.2) is 0 Å². The molecule has 0 spiro atoms. The van der Waals surface area contributed by atoms with Gasteiger partial charge in [-0.25, -0.2) is 0 Å². The van der Waals surface area contributed by atoms with Crippen molar-refractivity contribution in [3.8, 4) is 0 Å². The van der Waals surface area contributed by atoms with E-state index >= 15 is 0 Å². The summed E-state index contributed by atoms with van der Waals surface area (Å²) >= 11 is 0. The number of rotatable bonds is 1. The second-order valence-corrected chi connectivity index (χ2v) is 3.32. The monoisotopic (exact) mass is 182 g/mol. The summed E-state index contributed by atoms with van der Waals surface area (Å²) in [5, 5.41) is 0. The quantitative estimate of drug-likeness (QED) is 0.543. The molecule has 0 aromatic heterocycles. The Morgan fingerprint density at radius 3 is 2.77 bits per heavy atom. The number of hydrogen-bond donors (Lipinski definition) is 0. The first kappa shape index (κ1) is 8.53.